The Kier molecular flexibility index (Phi) is 2.36. The van der Waals surface area contributed by atoms with E-state index >= 15 is 0 Å². The van der Waals surface area contributed by atoms with Crippen LogP contribution in [0, 0.1) is 11.3 Å². The molecule has 19 heavy (non-hydrogen) atoms. The third kappa shape index (κ3) is 1.58. The van der Waals surface area contributed by atoms with Gasteiger partial charge in [0.15, 0.2) is 0 Å². The molecule has 0 atom stereocenters. The summed E-state index contributed by atoms with van der Waals surface area (Å²) in [6, 6.07) is 11.6. The molecule has 0 N–H and O–H groups in total. The summed E-state index contributed by atoms with van der Waals surface area (Å²) in [5, 5.41) is 8.70. The number of carbonyl (C=O) groups excluding carboxylic acids is 2. The van der Waals surface area contributed by atoms with Crippen LogP contribution in [0.25, 0.3) is 0 Å². The second-order valence-electron chi connectivity index (χ2n) is 4.01. The van der Waals surface area contributed by atoms with Gasteiger partial charge in [-0.2, -0.15) is 5.26 Å². The number of benzene rings is 1. The Balaban J connectivity index is 2.06. The molecule has 2 heterocycles. The van der Waals surface area contributed by atoms with Crippen molar-refractivity contribution < 1.29 is 9.59 Å². The third-order valence-electron chi connectivity index (χ3n) is 2.90. The quantitative estimate of drug-likeness (QED) is 0.721. The minimum atomic E-state index is -0.391. The highest BCUT2D eigenvalue weighted by Gasteiger charge is 2.36. The summed E-state index contributed by atoms with van der Waals surface area (Å²) in [4.78, 5) is 29.3. The van der Waals surface area contributed by atoms with Crippen molar-refractivity contribution in [1.29, 1.82) is 5.26 Å². The average molecular weight is 249 g/mol. The molecule has 0 aliphatic carbocycles. The standard InChI is InChI=1S/C14H7N3O2/c15-7-9-5-6-12(16-8-9)17-13(18)10-3-1-2-4-11(10)14(17)19/h1-6,8H. The lowest BCUT2D eigenvalue weighted by Gasteiger charge is -2.11. The Hall–Kier alpha value is -3.00. The van der Waals surface area contributed by atoms with Crippen LogP contribution in [0.4, 0.5) is 5.82 Å². The lowest BCUT2D eigenvalue weighted by molar-refractivity contribution is 0.0925. The summed E-state index contributed by atoms with van der Waals surface area (Å²) >= 11 is 0. The summed E-state index contributed by atoms with van der Waals surface area (Å²) in [7, 11) is 0. The van der Waals surface area contributed by atoms with Crippen LogP contribution in [0.2, 0.25) is 0 Å². The first kappa shape index (κ1) is 11.1. The third-order valence-corrected chi connectivity index (χ3v) is 2.90. The van der Waals surface area contributed by atoms with Gasteiger partial charge in [-0.25, -0.2) is 9.88 Å². The number of aromatic nitrogens is 1. The Morgan fingerprint density at radius 1 is 1.00 bits per heavy atom. The van der Waals surface area contributed by atoms with Crippen molar-refractivity contribution in [3.8, 4) is 6.07 Å². The predicted molar refractivity (Wildman–Crippen MR) is 66.5 cm³/mol. The Bertz CT molecular complexity index is 694. The van der Waals surface area contributed by atoms with Gasteiger partial charge in [0.1, 0.15) is 11.9 Å². The van der Waals surface area contributed by atoms with Crippen LogP contribution >= 0.6 is 0 Å². The number of hydrogen-bond donors (Lipinski definition) is 0. The van der Waals surface area contributed by atoms with E-state index in [9.17, 15) is 9.59 Å². The molecule has 0 unspecified atom stereocenters. The van der Waals surface area contributed by atoms with Gasteiger partial charge in [0.05, 0.1) is 16.7 Å². The zero-order chi connectivity index (χ0) is 13.4. The molecular formula is C14H7N3O2. The lowest BCUT2D eigenvalue weighted by atomic mass is 10.1. The molecule has 5 heteroatoms. The van der Waals surface area contributed by atoms with Gasteiger partial charge in [0.25, 0.3) is 11.8 Å². The minimum absolute atomic E-state index is 0.227. The van der Waals surface area contributed by atoms with Crippen molar-refractivity contribution in [3.05, 3.63) is 59.3 Å². The van der Waals surface area contributed by atoms with Crippen molar-refractivity contribution in [2.24, 2.45) is 0 Å². The minimum Gasteiger partial charge on any atom is -0.268 e. The Morgan fingerprint density at radius 2 is 1.63 bits per heavy atom. The summed E-state index contributed by atoms with van der Waals surface area (Å²) < 4.78 is 0. The van der Waals surface area contributed by atoms with E-state index in [2.05, 4.69) is 4.98 Å². The highest BCUT2D eigenvalue weighted by molar-refractivity contribution is 6.34. The van der Waals surface area contributed by atoms with E-state index in [4.69, 9.17) is 5.26 Å². The number of nitrogens with zero attached hydrogens (tertiary/aromatic N) is 3. The maximum absolute atomic E-state index is 12.2. The van der Waals surface area contributed by atoms with Gasteiger partial charge in [-0.1, -0.05) is 12.1 Å². The number of nitriles is 1. The predicted octanol–water partition coefficient (Wildman–Crippen LogP) is 1.75. The first-order valence-electron chi connectivity index (χ1n) is 5.56. The second-order valence-corrected chi connectivity index (χ2v) is 4.01. The van der Waals surface area contributed by atoms with Crippen LogP contribution in [0.1, 0.15) is 26.3 Å². The van der Waals surface area contributed by atoms with Gasteiger partial charge in [0, 0.05) is 6.20 Å². The van der Waals surface area contributed by atoms with Crippen LogP contribution in [-0.2, 0) is 0 Å². The molecule has 1 aliphatic rings. The molecule has 1 aromatic carbocycles. The maximum atomic E-state index is 12.2. The molecule has 2 amide bonds. The molecule has 2 aromatic rings. The fourth-order valence-corrected chi connectivity index (χ4v) is 1.98. The van der Waals surface area contributed by atoms with E-state index in [1.54, 1.807) is 24.3 Å². The normalized spacial score (nSPS) is 13.3. The Labute approximate surface area is 108 Å². The number of hydrogen-bond acceptors (Lipinski definition) is 4. The number of carbonyl (C=O) groups is 2. The van der Waals surface area contributed by atoms with E-state index in [0.29, 0.717) is 16.7 Å². The van der Waals surface area contributed by atoms with Crippen LogP contribution < -0.4 is 4.90 Å². The molecule has 0 bridgehead atoms. The van der Waals surface area contributed by atoms with E-state index in [0.717, 1.165) is 4.90 Å². The molecule has 0 saturated heterocycles. The first-order valence-corrected chi connectivity index (χ1v) is 5.56. The van der Waals surface area contributed by atoms with Crippen molar-refractivity contribution in [2.75, 3.05) is 4.90 Å². The van der Waals surface area contributed by atoms with Gasteiger partial charge in [-0.05, 0) is 24.3 Å². The zero-order valence-electron chi connectivity index (χ0n) is 9.70. The summed E-state index contributed by atoms with van der Waals surface area (Å²) in [6.45, 7) is 0. The van der Waals surface area contributed by atoms with Gasteiger partial charge in [-0.3, -0.25) is 9.59 Å². The number of fused-ring (bicyclic) bond motifs is 1. The molecule has 90 valence electrons. The van der Waals surface area contributed by atoms with Crippen LogP contribution in [0.15, 0.2) is 42.6 Å². The number of rotatable bonds is 1. The van der Waals surface area contributed by atoms with Gasteiger partial charge in [-0.15, -0.1) is 0 Å². The van der Waals surface area contributed by atoms with Crippen LogP contribution in [-0.4, -0.2) is 16.8 Å². The number of pyridine rings is 1. The van der Waals surface area contributed by atoms with Crippen LogP contribution in [0.5, 0.6) is 0 Å². The summed E-state index contributed by atoms with van der Waals surface area (Å²) in [5.74, 6) is -0.555. The summed E-state index contributed by atoms with van der Waals surface area (Å²) in [6.07, 6.45) is 1.33. The van der Waals surface area contributed by atoms with Crippen molar-refractivity contribution in [2.45, 2.75) is 0 Å². The van der Waals surface area contributed by atoms with Crippen LogP contribution in [0.3, 0.4) is 0 Å². The van der Waals surface area contributed by atoms with E-state index in [1.165, 1.54) is 18.3 Å². The fourth-order valence-electron chi connectivity index (χ4n) is 1.98. The van der Waals surface area contributed by atoms with Gasteiger partial charge >= 0.3 is 0 Å². The fraction of sp³-hybridized carbons (Fsp3) is 0. The van der Waals surface area contributed by atoms with Gasteiger partial charge < -0.3 is 0 Å². The largest absolute Gasteiger partial charge is 0.268 e. The maximum Gasteiger partial charge on any atom is 0.267 e. The molecule has 1 aliphatic heterocycles. The van der Waals surface area contributed by atoms with Crippen molar-refractivity contribution in [1.82, 2.24) is 4.98 Å². The highest BCUT2D eigenvalue weighted by Crippen LogP contribution is 2.26. The number of amides is 2. The van der Waals surface area contributed by atoms with E-state index in [1.807, 2.05) is 6.07 Å². The monoisotopic (exact) mass is 249 g/mol. The molecule has 3 rings (SSSR count). The summed E-state index contributed by atoms with van der Waals surface area (Å²) in [5.41, 5.74) is 1.12. The lowest BCUT2D eigenvalue weighted by Crippen LogP contribution is -2.30. The zero-order valence-corrected chi connectivity index (χ0v) is 9.70. The van der Waals surface area contributed by atoms with E-state index < -0.39 is 11.8 Å². The topological polar surface area (TPSA) is 74.1 Å². The number of imide groups is 1. The molecule has 5 nitrogen and oxygen atoms in total. The van der Waals surface area contributed by atoms with Crippen molar-refractivity contribution >= 4 is 17.6 Å². The smallest absolute Gasteiger partial charge is 0.267 e. The molecular weight excluding hydrogens is 242 g/mol. The van der Waals surface area contributed by atoms with Gasteiger partial charge in [0.2, 0.25) is 0 Å². The molecule has 0 spiro atoms. The second kappa shape index (κ2) is 4.03. The molecule has 0 saturated carbocycles. The molecule has 1 aromatic heterocycles. The SMILES string of the molecule is N#Cc1ccc(N2C(=O)c3ccccc3C2=O)nc1. The van der Waals surface area contributed by atoms with E-state index in [-0.39, 0.29) is 5.82 Å². The molecule has 0 fully saturated rings. The molecule has 0 radical (unpaired) electrons. The Morgan fingerprint density at radius 3 is 2.11 bits per heavy atom. The highest BCUT2D eigenvalue weighted by atomic mass is 16.2. The van der Waals surface area contributed by atoms with Crippen molar-refractivity contribution in [3.63, 3.8) is 0 Å². The average Bonchev–Trinajstić information content (AvgIpc) is 2.72. The number of anilines is 1. The first-order chi connectivity index (χ1) is 9.22.